The average molecular weight is 724 g/mol. The zero-order chi connectivity index (χ0) is 36.8. The van der Waals surface area contributed by atoms with Gasteiger partial charge in [-0.2, -0.15) is 0 Å². The van der Waals surface area contributed by atoms with Crippen LogP contribution in [0.1, 0.15) is 97.5 Å². The van der Waals surface area contributed by atoms with Gasteiger partial charge in [-0.3, -0.25) is 24.0 Å². The SMILES string of the molecule is CCC[C@H](NC(=O)[C@@H]1C[C@]2(CC(c3cccc(Cl)c3)=NO2)CN1C(=O)[C@@H](NC(=O)CC1CCCCC1)C(C)(C)C)C(=O)C(=O)CNc1ccco1. The summed E-state index contributed by atoms with van der Waals surface area (Å²) >= 11 is 6.26. The molecular formula is C38H50ClN5O7. The lowest BCUT2D eigenvalue weighted by Crippen LogP contribution is -2.59. The number of nitrogens with one attached hydrogen (secondary N) is 3. The van der Waals surface area contributed by atoms with Gasteiger partial charge in [0.2, 0.25) is 29.3 Å². The van der Waals surface area contributed by atoms with E-state index in [1.54, 1.807) is 24.3 Å². The van der Waals surface area contributed by atoms with Gasteiger partial charge in [0.25, 0.3) is 0 Å². The normalized spacial score (nSPS) is 21.8. The second-order valence-corrected chi connectivity index (χ2v) is 15.7. The van der Waals surface area contributed by atoms with Gasteiger partial charge in [-0.05, 0) is 48.8 Å². The monoisotopic (exact) mass is 723 g/mol. The molecule has 2 aliphatic heterocycles. The molecule has 13 heteroatoms. The molecule has 5 rings (SSSR count). The van der Waals surface area contributed by atoms with Gasteiger partial charge in [0, 0.05) is 35.9 Å². The maximum atomic E-state index is 14.6. The van der Waals surface area contributed by atoms with Crippen LogP contribution in [0.4, 0.5) is 5.88 Å². The van der Waals surface area contributed by atoms with E-state index in [1.165, 1.54) is 17.6 Å². The third-order valence-corrected chi connectivity index (χ3v) is 10.3. The highest BCUT2D eigenvalue weighted by atomic mass is 35.5. The van der Waals surface area contributed by atoms with Gasteiger partial charge in [0.05, 0.1) is 31.1 Å². The largest absolute Gasteiger partial charge is 0.449 e. The standard InChI is InChI=1S/C38H50ClN5O7/c1-5-11-27(33(47)30(45)22-40-32-16-10-17-50-32)41-35(48)29-21-38(20-28(43-51-38)25-14-9-15-26(39)19-25)23-44(29)36(49)34(37(2,3)4)42-31(46)18-24-12-7-6-8-13-24/h9-10,14-17,19,24,27,29,34,40H,5-8,11-13,18,20-23H2,1-4H3,(H,41,48)(H,42,46)/t27-,29-,34+,38+/m0/s1. The van der Waals surface area contributed by atoms with Crippen LogP contribution in [0.25, 0.3) is 0 Å². The quantitative estimate of drug-likeness (QED) is 0.218. The van der Waals surface area contributed by atoms with Crippen molar-refractivity contribution >= 4 is 52.5 Å². The van der Waals surface area contributed by atoms with Gasteiger partial charge in [0.1, 0.15) is 12.1 Å². The summed E-state index contributed by atoms with van der Waals surface area (Å²) in [4.78, 5) is 76.0. The van der Waals surface area contributed by atoms with E-state index in [0.717, 1.165) is 31.2 Å². The Labute approximate surface area is 304 Å². The summed E-state index contributed by atoms with van der Waals surface area (Å²) in [6.07, 6.45) is 8.28. The molecule has 3 amide bonds. The summed E-state index contributed by atoms with van der Waals surface area (Å²) < 4.78 is 5.19. The molecule has 51 heavy (non-hydrogen) atoms. The maximum absolute atomic E-state index is 14.6. The Morgan fingerprint density at radius 1 is 1.06 bits per heavy atom. The number of likely N-dealkylation sites (tertiary alicyclic amines) is 1. The molecule has 12 nitrogen and oxygen atoms in total. The predicted octanol–water partition coefficient (Wildman–Crippen LogP) is 5.43. The van der Waals surface area contributed by atoms with Gasteiger partial charge in [-0.1, -0.05) is 82.3 Å². The van der Waals surface area contributed by atoms with Crippen LogP contribution in [0.15, 0.2) is 52.2 Å². The number of Topliss-reactive ketones (excluding diaryl/α,β-unsaturated/α-hetero) is 2. The molecule has 2 aromatic rings. The molecule has 4 atom stereocenters. The van der Waals surface area contributed by atoms with Crippen molar-refractivity contribution in [2.45, 2.75) is 116 Å². The number of furan rings is 1. The van der Waals surface area contributed by atoms with Crippen molar-refractivity contribution in [1.29, 1.82) is 0 Å². The van der Waals surface area contributed by atoms with Gasteiger partial charge < -0.3 is 30.1 Å². The van der Waals surface area contributed by atoms with Gasteiger partial charge >= 0.3 is 0 Å². The molecule has 1 aromatic carbocycles. The zero-order valence-electron chi connectivity index (χ0n) is 30.0. The first-order valence-electron chi connectivity index (χ1n) is 18.0. The number of hydrogen-bond donors (Lipinski definition) is 3. The van der Waals surface area contributed by atoms with Crippen molar-refractivity contribution in [3.05, 3.63) is 53.2 Å². The van der Waals surface area contributed by atoms with Crippen molar-refractivity contribution in [1.82, 2.24) is 15.5 Å². The van der Waals surface area contributed by atoms with Gasteiger partial charge in [-0.25, -0.2) is 0 Å². The average Bonchev–Trinajstić information content (AvgIpc) is 3.86. The van der Waals surface area contributed by atoms with E-state index in [1.807, 2.05) is 39.8 Å². The Morgan fingerprint density at radius 3 is 2.49 bits per heavy atom. The van der Waals surface area contributed by atoms with Gasteiger partial charge in [-0.15, -0.1) is 0 Å². The number of rotatable bonds is 14. The predicted molar refractivity (Wildman–Crippen MR) is 193 cm³/mol. The number of anilines is 1. The summed E-state index contributed by atoms with van der Waals surface area (Å²) in [5, 5.41) is 13.5. The van der Waals surface area contributed by atoms with Crippen LogP contribution in [-0.2, 0) is 28.8 Å². The molecule has 276 valence electrons. The lowest BCUT2D eigenvalue weighted by molar-refractivity contribution is -0.145. The van der Waals surface area contributed by atoms with Crippen molar-refractivity contribution in [3.63, 3.8) is 0 Å². The summed E-state index contributed by atoms with van der Waals surface area (Å²) in [6, 6.07) is 7.40. The van der Waals surface area contributed by atoms with E-state index < -0.39 is 52.5 Å². The van der Waals surface area contributed by atoms with Crippen LogP contribution >= 0.6 is 11.6 Å². The third-order valence-electron chi connectivity index (χ3n) is 10.0. The Kier molecular flexibility index (Phi) is 12.3. The van der Waals surface area contributed by atoms with Crippen LogP contribution in [0, 0.1) is 11.3 Å². The third kappa shape index (κ3) is 9.58. The topological polar surface area (TPSA) is 159 Å². The first-order chi connectivity index (χ1) is 24.3. The van der Waals surface area contributed by atoms with E-state index in [9.17, 15) is 24.0 Å². The molecule has 0 unspecified atom stereocenters. The van der Waals surface area contributed by atoms with E-state index in [0.29, 0.717) is 35.9 Å². The van der Waals surface area contributed by atoms with Crippen molar-refractivity contribution in [2.75, 3.05) is 18.4 Å². The minimum atomic E-state index is -1.10. The molecule has 1 aliphatic carbocycles. The second kappa shape index (κ2) is 16.4. The van der Waals surface area contributed by atoms with Gasteiger partial charge in [0.15, 0.2) is 11.5 Å². The first-order valence-corrected chi connectivity index (χ1v) is 18.4. The molecule has 1 aromatic heterocycles. The molecule has 1 saturated carbocycles. The molecule has 3 N–H and O–H groups in total. The van der Waals surface area contributed by atoms with Crippen molar-refractivity contribution in [2.24, 2.45) is 16.5 Å². The lowest BCUT2D eigenvalue weighted by Gasteiger charge is -2.36. The van der Waals surface area contributed by atoms with Crippen LogP contribution in [-0.4, -0.2) is 76.7 Å². The number of benzene rings is 1. The minimum absolute atomic E-state index is 0.0287. The van der Waals surface area contributed by atoms with Crippen LogP contribution in [0.3, 0.4) is 0 Å². The van der Waals surface area contributed by atoms with Crippen LogP contribution < -0.4 is 16.0 Å². The van der Waals surface area contributed by atoms with Crippen molar-refractivity contribution in [3.8, 4) is 0 Å². The number of hydrogen-bond acceptors (Lipinski definition) is 9. The maximum Gasteiger partial charge on any atom is 0.246 e. The lowest BCUT2D eigenvalue weighted by atomic mass is 9.84. The smallest absolute Gasteiger partial charge is 0.246 e. The molecule has 3 heterocycles. The zero-order valence-corrected chi connectivity index (χ0v) is 30.7. The number of ketones is 2. The fourth-order valence-corrected chi connectivity index (χ4v) is 7.48. The molecule has 2 fully saturated rings. The molecular weight excluding hydrogens is 674 g/mol. The van der Waals surface area contributed by atoms with E-state index in [2.05, 4.69) is 21.1 Å². The summed E-state index contributed by atoms with van der Waals surface area (Å²) in [7, 11) is 0. The molecule has 3 aliphatic rings. The molecule has 1 saturated heterocycles. The molecule has 0 bridgehead atoms. The number of carbonyl (C=O) groups excluding carboxylic acids is 5. The Bertz CT molecular complexity index is 1610. The minimum Gasteiger partial charge on any atom is -0.449 e. The van der Waals surface area contributed by atoms with Crippen LogP contribution in [0.5, 0.6) is 0 Å². The summed E-state index contributed by atoms with van der Waals surface area (Å²) in [5.41, 5.74) is -0.323. The van der Waals surface area contributed by atoms with Crippen molar-refractivity contribution < 1.29 is 33.2 Å². The second-order valence-electron chi connectivity index (χ2n) is 15.2. The molecule has 1 spiro atoms. The highest BCUT2D eigenvalue weighted by molar-refractivity contribution is 6.40. The van der Waals surface area contributed by atoms with E-state index >= 15 is 0 Å². The Balaban J connectivity index is 1.37. The van der Waals surface area contributed by atoms with Crippen LogP contribution in [0.2, 0.25) is 5.02 Å². The molecule has 0 radical (unpaired) electrons. The number of carbonyl (C=O) groups is 5. The number of nitrogens with zero attached hydrogens (tertiary/aromatic N) is 2. The Morgan fingerprint density at radius 2 is 1.82 bits per heavy atom. The fraction of sp³-hybridized carbons (Fsp3) is 0.579. The van der Waals surface area contributed by atoms with E-state index in [-0.39, 0.29) is 37.8 Å². The summed E-state index contributed by atoms with van der Waals surface area (Å²) in [5.74, 6) is -2.04. The number of oxime groups is 1. The summed E-state index contributed by atoms with van der Waals surface area (Å²) in [6.45, 7) is 7.21. The number of halogens is 1. The fourth-order valence-electron chi connectivity index (χ4n) is 7.29. The highest BCUT2D eigenvalue weighted by Gasteiger charge is 2.55. The highest BCUT2D eigenvalue weighted by Crippen LogP contribution is 2.40. The Hall–Kier alpha value is -4.19. The van der Waals surface area contributed by atoms with E-state index in [4.69, 9.17) is 20.9 Å². The first kappa shape index (κ1) is 38.1. The number of amides is 3.